The lowest BCUT2D eigenvalue weighted by Gasteiger charge is -2.06. The summed E-state index contributed by atoms with van der Waals surface area (Å²) in [6.45, 7) is 4.02. The summed E-state index contributed by atoms with van der Waals surface area (Å²) in [6.07, 6.45) is 3.17. The summed E-state index contributed by atoms with van der Waals surface area (Å²) in [5, 5.41) is 6.57. The van der Waals surface area contributed by atoms with Crippen LogP contribution in [-0.2, 0) is 6.42 Å². The molecule has 1 aliphatic rings. The zero-order chi connectivity index (χ0) is 14.1. The van der Waals surface area contributed by atoms with Gasteiger partial charge in [-0.25, -0.2) is 4.98 Å². The van der Waals surface area contributed by atoms with Crippen LogP contribution >= 0.6 is 0 Å². The normalized spacial score (nSPS) is 14.3. The minimum Gasteiger partial charge on any atom is -0.360 e. The van der Waals surface area contributed by atoms with Gasteiger partial charge in [-0.1, -0.05) is 18.1 Å². The van der Waals surface area contributed by atoms with Gasteiger partial charge in [0.1, 0.15) is 11.6 Å². The Balaban J connectivity index is 1.72. The predicted octanol–water partition coefficient (Wildman–Crippen LogP) is 3.07. The maximum Gasteiger partial charge on any atom is 0.279 e. The summed E-state index contributed by atoms with van der Waals surface area (Å²) in [4.78, 5) is 16.4. The van der Waals surface area contributed by atoms with E-state index in [4.69, 9.17) is 4.52 Å². The molecule has 5 heteroatoms. The molecule has 1 aliphatic carbocycles. The summed E-state index contributed by atoms with van der Waals surface area (Å²) in [7, 11) is 0. The van der Waals surface area contributed by atoms with Crippen molar-refractivity contribution in [3.05, 3.63) is 40.9 Å². The number of carbonyl (C=O) groups is 1. The van der Waals surface area contributed by atoms with Gasteiger partial charge in [0.15, 0.2) is 5.69 Å². The first-order valence-corrected chi connectivity index (χ1v) is 6.92. The average molecular weight is 271 g/mol. The fourth-order valence-electron chi connectivity index (χ4n) is 2.17. The van der Waals surface area contributed by atoms with Gasteiger partial charge in [0, 0.05) is 17.7 Å². The summed E-state index contributed by atoms with van der Waals surface area (Å²) in [5.74, 6) is 1.52. The van der Waals surface area contributed by atoms with Crippen molar-refractivity contribution in [3.8, 4) is 0 Å². The standard InChI is InChI=1S/C15H17N3O2/c1-3-10-6-7-14(16-9(10)2)17-15(19)12-8-13(20-18-12)11-4-5-11/h6-8,11H,3-5H2,1-2H3,(H,16,17,19). The number of hydrogen-bond donors (Lipinski definition) is 1. The van der Waals surface area contributed by atoms with Crippen LogP contribution in [0.15, 0.2) is 22.7 Å². The molecule has 0 radical (unpaired) electrons. The molecule has 3 rings (SSSR count). The highest BCUT2D eigenvalue weighted by Gasteiger charge is 2.28. The Hall–Kier alpha value is -2.17. The summed E-state index contributed by atoms with van der Waals surface area (Å²) in [5.41, 5.74) is 2.43. The highest BCUT2D eigenvalue weighted by molar-refractivity contribution is 6.02. The van der Waals surface area contributed by atoms with E-state index in [0.717, 1.165) is 30.7 Å². The first kappa shape index (κ1) is 12.8. The number of anilines is 1. The van der Waals surface area contributed by atoms with Crippen LogP contribution < -0.4 is 5.32 Å². The number of nitrogens with zero attached hydrogens (tertiary/aromatic N) is 2. The third-order valence-electron chi connectivity index (χ3n) is 3.56. The van der Waals surface area contributed by atoms with Crippen LogP contribution in [0.25, 0.3) is 0 Å². The maximum atomic E-state index is 12.1. The molecule has 104 valence electrons. The Morgan fingerprint density at radius 2 is 2.25 bits per heavy atom. The minimum atomic E-state index is -0.281. The quantitative estimate of drug-likeness (QED) is 0.927. The minimum absolute atomic E-state index is 0.281. The lowest BCUT2D eigenvalue weighted by molar-refractivity contribution is 0.101. The van der Waals surface area contributed by atoms with Crippen LogP contribution in [-0.4, -0.2) is 16.0 Å². The monoisotopic (exact) mass is 271 g/mol. The molecule has 0 spiro atoms. The van der Waals surface area contributed by atoms with Gasteiger partial charge in [-0.3, -0.25) is 4.79 Å². The lowest BCUT2D eigenvalue weighted by Crippen LogP contribution is -2.13. The molecule has 1 amide bonds. The number of amides is 1. The molecule has 2 aromatic heterocycles. The van der Waals surface area contributed by atoms with Gasteiger partial charge in [0.05, 0.1) is 0 Å². The third kappa shape index (κ3) is 2.57. The van der Waals surface area contributed by atoms with Crippen LogP contribution in [0, 0.1) is 6.92 Å². The van der Waals surface area contributed by atoms with Gasteiger partial charge >= 0.3 is 0 Å². The predicted molar refractivity (Wildman–Crippen MR) is 74.8 cm³/mol. The fraction of sp³-hybridized carbons (Fsp3) is 0.400. The number of aromatic nitrogens is 2. The van der Waals surface area contributed by atoms with Crippen molar-refractivity contribution in [2.75, 3.05) is 5.32 Å². The Morgan fingerprint density at radius 1 is 1.45 bits per heavy atom. The largest absolute Gasteiger partial charge is 0.360 e. The Morgan fingerprint density at radius 3 is 2.90 bits per heavy atom. The number of nitrogens with one attached hydrogen (secondary N) is 1. The Bertz CT molecular complexity index is 644. The summed E-state index contributed by atoms with van der Waals surface area (Å²) >= 11 is 0. The Kier molecular flexibility index (Phi) is 3.26. The smallest absolute Gasteiger partial charge is 0.279 e. The Labute approximate surface area is 117 Å². The van der Waals surface area contributed by atoms with Crippen LogP contribution in [0.2, 0.25) is 0 Å². The second-order valence-electron chi connectivity index (χ2n) is 5.14. The molecule has 1 N–H and O–H groups in total. The van der Waals surface area contributed by atoms with E-state index in [1.165, 1.54) is 5.56 Å². The van der Waals surface area contributed by atoms with Gasteiger partial charge in [-0.2, -0.15) is 0 Å². The number of carbonyl (C=O) groups excluding carboxylic acids is 1. The van der Waals surface area contributed by atoms with Gasteiger partial charge in [-0.05, 0) is 37.8 Å². The molecule has 0 saturated heterocycles. The number of rotatable bonds is 4. The molecule has 0 bridgehead atoms. The number of pyridine rings is 1. The molecular formula is C15H17N3O2. The molecule has 2 aromatic rings. The molecule has 5 nitrogen and oxygen atoms in total. The van der Waals surface area contributed by atoms with Crippen molar-refractivity contribution >= 4 is 11.7 Å². The van der Waals surface area contributed by atoms with E-state index in [2.05, 4.69) is 22.4 Å². The highest BCUT2D eigenvalue weighted by atomic mass is 16.5. The van der Waals surface area contributed by atoms with E-state index < -0.39 is 0 Å². The van der Waals surface area contributed by atoms with Gasteiger partial charge in [0.2, 0.25) is 0 Å². The zero-order valence-corrected chi connectivity index (χ0v) is 11.6. The van der Waals surface area contributed by atoms with Crippen LogP contribution in [0.1, 0.15) is 53.2 Å². The maximum absolute atomic E-state index is 12.1. The number of hydrogen-bond acceptors (Lipinski definition) is 4. The lowest BCUT2D eigenvalue weighted by atomic mass is 10.1. The van der Waals surface area contributed by atoms with Gasteiger partial charge < -0.3 is 9.84 Å². The number of aryl methyl sites for hydroxylation is 2. The SMILES string of the molecule is CCc1ccc(NC(=O)c2cc(C3CC3)on2)nc1C. The molecule has 1 saturated carbocycles. The van der Waals surface area contributed by atoms with Gasteiger partial charge in [0.25, 0.3) is 5.91 Å². The van der Waals surface area contributed by atoms with Crippen molar-refractivity contribution in [3.63, 3.8) is 0 Å². The van der Waals surface area contributed by atoms with Crippen molar-refractivity contribution in [1.29, 1.82) is 0 Å². The molecule has 0 unspecified atom stereocenters. The first-order chi connectivity index (χ1) is 9.67. The summed E-state index contributed by atoms with van der Waals surface area (Å²) < 4.78 is 5.18. The van der Waals surface area contributed by atoms with Crippen LogP contribution in [0.5, 0.6) is 0 Å². The van der Waals surface area contributed by atoms with Crippen molar-refractivity contribution in [2.24, 2.45) is 0 Å². The van der Waals surface area contributed by atoms with Crippen molar-refractivity contribution < 1.29 is 9.32 Å². The van der Waals surface area contributed by atoms with E-state index in [-0.39, 0.29) is 5.91 Å². The van der Waals surface area contributed by atoms with E-state index in [1.807, 2.05) is 19.1 Å². The van der Waals surface area contributed by atoms with Gasteiger partial charge in [-0.15, -0.1) is 0 Å². The zero-order valence-electron chi connectivity index (χ0n) is 11.6. The third-order valence-corrected chi connectivity index (χ3v) is 3.56. The van der Waals surface area contributed by atoms with Crippen molar-refractivity contribution in [2.45, 2.75) is 39.0 Å². The highest BCUT2D eigenvalue weighted by Crippen LogP contribution is 2.40. The summed E-state index contributed by atoms with van der Waals surface area (Å²) in [6, 6.07) is 5.52. The first-order valence-electron chi connectivity index (χ1n) is 6.92. The second kappa shape index (κ2) is 5.07. The van der Waals surface area contributed by atoms with E-state index in [9.17, 15) is 4.79 Å². The topological polar surface area (TPSA) is 68.0 Å². The molecule has 1 fully saturated rings. The van der Waals surface area contributed by atoms with E-state index in [0.29, 0.717) is 17.4 Å². The molecule has 0 atom stereocenters. The molecule has 0 aromatic carbocycles. The fourth-order valence-corrected chi connectivity index (χ4v) is 2.17. The van der Waals surface area contributed by atoms with Crippen molar-refractivity contribution in [1.82, 2.24) is 10.1 Å². The molecule has 0 aliphatic heterocycles. The average Bonchev–Trinajstić information content (AvgIpc) is 3.16. The second-order valence-corrected chi connectivity index (χ2v) is 5.14. The molecule has 20 heavy (non-hydrogen) atoms. The van der Waals surface area contributed by atoms with Crippen LogP contribution in [0.4, 0.5) is 5.82 Å². The van der Waals surface area contributed by atoms with Crippen LogP contribution in [0.3, 0.4) is 0 Å². The molecule has 2 heterocycles. The molecular weight excluding hydrogens is 254 g/mol. The van der Waals surface area contributed by atoms with E-state index >= 15 is 0 Å². The van der Waals surface area contributed by atoms with E-state index in [1.54, 1.807) is 6.07 Å².